The third-order valence-corrected chi connectivity index (χ3v) is 4.44. The molecule has 2 heterocycles. The maximum Gasteiger partial charge on any atom is 0.271 e. The highest BCUT2D eigenvalue weighted by molar-refractivity contribution is 5.87. The summed E-state index contributed by atoms with van der Waals surface area (Å²) in [5.41, 5.74) is -0.0282. The van der Waals surface area contributed by atoms with Crippen LogP contribution < -0.4 is 5.56 Å². The summed E-state index contributed by atoms with van der Waals surface area (Å²) in [6.07, 6.45) is 2.75. The Morgan fingerprint density at radius 3 is 2.92 bits per heavy atom. The molecule has 6 nitrogen and oxygen atoms in total. The fraction of sp³-hybridized carbons (Fsp3) is 0.316. The van der Waals surface area contributed by atoms with Gasteiger partial charge in [0.1, 0.15) is 17.4 Å². The zero-order chi connectivity index (χ0) is 18.7. The summed E-state index contributed by atoms with van der Waals surface area (Å²) in [6, 6.07) is 7.84. The summed E-state index contributed by atoms with van der Waals surface area (Å²) in [5.74, 6) is -0.809. The number of ether oxygens (including phenoxy) is 1. The van der Waals surface area contributed by atoms with Gasteiger partial charge in [0.05, 0.1) is 23.9 Å². The maximum absolute atomic E-state index is 13.8. The molecule has 3 rings (SSSR count). The first-order chi connectivity index (χ1) is 12.5. The van der Waals surface area contributed by atoms with E-state index in [2.05, 4.69) is 4.99 Å². The van der Waals surface area contributed by atoms with Crippen molar-refractivity contribution in [2.24, 2.45) is 4.99 Å². The van der Waals surface area contributed by atoms with E-state index < -0.39 is 11.4 Å². The highest BCUT2D eigenvalue weighted by Gasteiger charge is 2.23. The van der Waals surface area contributed by atoms with E-state index in [0.29, 0.717) is 12.2 Å². The molecule has 0 aliphatic carbocycles. The van der Waals surface area contributed by atoms with Crippen LogP contribution in [0, 0.1) is 24.1 Å². The second-order valence-electron chi connectivity index (χ2n) is 6.11. The molecule has 1 N–H and O–H groups in total. The van der Waals surface area contributed by atoms with E-state index in [-0.39, 0.29) is 35.3 Å². The highest BCUT2D eigenvalue weighted by atomic mass is 19.1. The average Bonchev–Trinajstić information content (AvgIpc) is 3.14. The first-order valence-corrected chi connectivity index (χ1v) is 8.29. The number of nitriles is 1. The normalized spacial score (nSPS) is 16.9. The van der Waals surface area contributed by atoms with Crippen LogP contribution >= 0.6 is 0 Å². The van der Waals surface area contributed by atoms with E-state index in [0.717, 1.165) is 17.4 Å². The van der Waals surface area contributed by atoms with Crippen LogP contribution in [0.4, 0.5) is 10.1 Å². The Bertz CT molecular complexity index is 954. The van der Waals surface area contributed by atoms with Gasteiger partial charge in [-0.05, 0) is 37.5 Å². The lowest BCUT2D eigenvalue weighted by Crippen LogP contribution is -2.29. The van der Waals surface area contributed by atoms with Gasteiger partial charge >= 0.3 is 0 Å². The molecule has 1 aliphatic heterocycles. The van der Waals surface area contributed by atoms with Gasteiger partial charge in [-0.25, -0.2) is 4.39 Å². The molecular weight excluding hydrogens is 337 g/mol. The van der Waals surface area contributed by atoms with Crippen LogP contribution in [0.15, 0.2) is 34.1 Å². The number of aliphatic imine (C=N–C) groups is 1. The van der Waals surface area contributed by atoms with Crippen LogP contribution in [0.25, 0.3) is 0 Å². The van der Waals surface area contributed by atoms with Crippen molar-refractivity contribution in [1.29, 1.82) is 5.26 Å². The lowest BCUT2D eigenvalue weighted by Gasteiger charge is -2.17. The number of para-hydroxylation sites is 1. The van der Waals surface area contributed by atoms with Gasteiger partial charge in [0.15, 0.2) is 0 Å². The summed E-state index contributed by atoms with van der Waals surface area (Å²) in [6.45, 7) is 2.32. The van der Waals surface area contributed by atoms with Gasteiger partial charge in [-0.3, -0.25) is 14.4 Å². The Balaban J connectivity index is 2.08. The first-order valence-electron chi connectivity index (χ1n) is 8.29. The lowest BCUT2D eigenvalue weighted by atomic mass is 10.1. The number of pyridine rings is 1. The summed E-state index contributed by atoms with van der Waals surface area (Å²) in [7, 11) is 0. The number of benzene rings is 1. The summed E-state index contributed by atoms with van der Waals surface area (Å²) in [5, 5.41) is 19.9. The van der Waals surface area contributed by atoms with Gasteiger partial charge in [-0.2, -0.15) is 5.26 Å². The van der Waals surface area contributed by atoms with Gasteiger partial charge in [-0.1, -0.05) is 12.1 Å². The summed E-state index contributed by atoms with van der Waals surface area (Å²) < 4.78 is 20.4. The third-order valence-electron chi connectivity index (χ3n) is 4.44. The van der Waals surface area contributed by atoms with Crippen molar-refractivity contribution in [3.8, 4) is 11.9 Å². The van der Waals surface area contributed by atoms with Gasteiger partial charge in [0, 0.05) is 12.8 Å². The van der Waals surface area contributed by atoms with Crippen molar-refractivity contribution in [3.05, 3.63) is 57.1 Å². The van der Waals surface area contributed by atoms with Crippen molar-refractivity contribution < 1.29 is 14.2 Å². The Morgan fingerprint density at radius 1 is 1.50 bits per heavy atom. The second kappa shape index (κ2) is 7.50. The zero-order valence-corrected chi connectivity index (χ0v) is 14.3. The van der Waals surface area contributed by atoms with Crippen LogP contribution in [0.5, 0.6) is 5.88 Å². The van der Waals surface area contributed by atoms with Crippen LogP contribution in [0.3, 0.4) is 0 Å². The number of aromatic nitrogens is 1. The van der Waals surface area contributed by atoms with Crippen molar-refractivity contribution in [1.82, 2.24) is 4.57 Å². The molecular formula is C19H18FN3O3. The predicted molar refractivity (Wildman–Crippen MR) is 94.4 cm³/mol. The number of hydrogen-bond donors (Lipinski definition) is 1. The van der Waals surface area contributed by atoms with Gasteiger partial charge in [0.2, 0.25) is 5.88 Å². The quantitative estimate of drug-likeness (QED) is 0.854. The average molecular weight is 355 g/mol. The number of halogens is 1. The molecule has 0 radical (unpaired) electrons. The second-order valence-corrected chi connectivity index (χ2v) is 6.11. The van der Waals surface area contributed by atoms with Gasteiger partial charge in [-0.15, -0.1) is 0 Å². The molecule has 1 atom stereocenters. The Kier molecular flexibility index (Phi) is 5.14. The Labute approximate surface area is 149 Å². The third kappa shape index (κ3) is 3.37. The molecule has 7 heteroatoms. The van der Waals surface area contributed by atoms with Crippen molar-refractivity contribution in [2.45, 2.75) is 32.4 Å². The van der Waals surface area contributed by atoms with Crippen molar-refractivity contribution >= 4 is 11.9 Å². The monoisotopic (exact) mass is 355 g/mol. The highest BCUT2D eigenvalue weighted by Crippen LogP contribution is 2.24. The van der Waals surface area contributed by atoms with Gasteiger partial charge < -0.3 is 9.84 Å². The Hall–Kier alpha value is -2.98. The number of rotatable bonds is 4. The minimum absolute atomic E-state index is 0.0734. The smallest absolute Gasteiger partial charge is 0.271 e. The molecule has 0 bridgehead atoms. The SMILES string of the molecule is Cc1c(C=Nc2ccccc2F)c(O)n(C[C@H]2CCCO2)c(=O)c1C#N. The topological polar surface area (TPSA) is 87.6 Å². The number of nitrogens with zero attached hydrogens (tertiary/aromatic N) is 3. The molecule has 2 aromatic rings. The van der Waals surface area contributed by atoms with Crippen LogP contribution in [-0.4, -0.2) is 28.6 Å². The molecule has 0 unspecified atom stereocenters. The fourth-order valence-corrected chi connectivity index (χ4v) is 2.98. The molecule has 0 spiro atoms. The molecule has 26 heavy (non-hydrogen) atoms. The van der Waals surface area contributed by atoms with Crippen molar-refractivity contribution in [3.63, 3.8) is 0 Å². The van der Waals surface area contributed by atoms with E-state index in [4.69, 9.17) is 4.74 Å². The fourth-order valence-electron chi connectivity index (χ4n) is 2.98. The minimum Gasteiger partial charge on any atom is -0.494 e. The van der Waals surface area contributed by atoms with Crippen LogP contribution in [0.1, 0.15) is 29.5 Å². The van der Waals surface area contributed by atoms with Gasteiger partial charge in [0.25, 0.3) is 5.56 Å². The lowest BCUT2D eigenvalue weighted by molar-refractivity contribution is 0.0938. The molecule has 1 aliphatic rings. The van der Waals surface area contributed by atoms with Crippen LogP contribution in [0.2, 0.25) is 0 Å². The van der Waals surface area contributed by atoms with E-state index in [1.54, 1.807) is 19.1 Å². The summed E-state index contributed by atoms with van der Waals surface area (Å²) in [4.78, 5) is 16.6. The van der Waals surface area contributed by atoms with E-state index >= 15 is 0 Å². The predicted octanol–water partition coefficient (Wildman–Crippen LogP) is 2.80. The molecule has 1 saturated heterocycles. The van der Waals surface area contributed by atoms with Crippen LogP contribution in [-0.2, 0) is 11.3 Å². The molecule has 134 valence electrons. The molecule has 1 aromatic heterocycles. The Morgan fingerprint density at radius 2 is 2.27 bits per heavy atom. The minimum atomic E-state index is -0.568. The summed E-state index contributed by atoms with van der Waals surface area (Å²) >= 11 is 0. The van der Waals surface area contributed by atoms with Crippen molar-refractivity contribution in [2.75, 3.05) is 6.61 Å². The molecule has 0 saturated carbocycles. The molecule has 1 aromatic carbocycles. The maximum atomic E-state index is 13.8. The van der Waals surface area contributed by atoms with E-state index in [9.17, 15) is 19.6 Å². The first kappa shape index (κ1) is 17.8. The molecule has 0 amide bonds. The molecule has 1 fully saturated rings. The standard InChI is InChI=1S/C19H18FN3O3/c1-12-14(9-21)18(24)23(11-13-5-4-8-26-13)19(25)15(12)10-22-17-7-3-2-6-16(17)20/h2-3,6-7,10,13,25H,4-5,8,11H2,1H3/t13-/m1/s1. The van der Waals surface area contributed by atoms with E-state index in [1.165, 1.54) is 18.3 Å². The number of hydrogen-bond acceptors (Lipinski definition) is 5. The van der Waals surface area contributed by atoms with E-state index in [1.807, 2.05) is 6.07 Å². The largest absolute Gasteiger partial charge is 0.494 e. The number of aromatic hydroxyl groups is 1. The zero-order valence-electron chi connectivity index (χ0n) is 14.3.